The lowest BCUT2D eigenvalue weighted by Crippen LogP contribution is -2.27. The van der Waals surface area contributed by atoms with Crippen molar-refractivity contribution in [2.45, 2.75) is 18.4 Å². The van der Waals surface area contributed by atoms with Crippen molar-refractivity contribution < 1.29 is 9.84 Å². The summed E-state index contributed by atoms with van der Waals surface area (Å²) >= 11 is 0. The number of hydrogen-bond donors (Lipinski definition) is 2. The Labute approximate surface area is 83.5 Å². The molecule has 76 valence electrons. The second-order valence-corrected chi connectivity index (χ2v) is 3.72. The van der Waals surface area contributed by atoms with Gasteiger partial charge in [0.25, 0.3) is 0 Å². The molecule has 3 nitrogen and oxygen atoms in total. The normalized spacial score (nSPS) is 21.4. The van der Waals surface area contributed by atoms with E-state index >= 15 is 0 Å². The number of aliphatic hydroxyl groups is 1. The van der Waals surface area contributed by atoms with E-state index in [4.69, 9.17) is 15.6 Å². The van der Waals surface area contributed by atoms with Crippen LogP contribution in [0.25, 0.3) is 0 Å². The van der Waals surface area contributed by atoms with Gasteiger partial charge in [-0.05, 0) is 12.5 Å². The van der Waals surface area contributed by atoms with Gasteiger partial charge in [0.15, 0.2) is 0 Å². The summed E-state index contributed by atoms with van der Waals surface area (Å²) in [6.07, 6.45) is 0.785. The quantitative estimate of drug-likeness (QED) is 0.749. The number of fused-ring (bicyclic) bond motifs is 1. The molecule has 1 aliphatic heterocycles. The fraction of sp³-hybridized carbons (Fsp3) is 0.455. The van der Waals surface area contributed by atoms with Gasteiger partial charge in [-0.3, -0.25) is 0 Å². The van der Waals surface area contributed by atoms with Crippen molar-refractivity contribution in [2.75, 3.05) is 13.2 Å². The summed E-state index contributed by atoms with van der Waals surface area (Å²) in [6, 6.07) is 7.87. The van der Waals surface area contributed by atoms with Crippen molar-refractivity contribution in [3.63, 3.8) is 0 Å². The molecule has 14 heavy (non-hydrogen) atoms. The molecule has 0 fully saturated rings. The summed E-state index contributed by atoms with van der Waals surface area (Å²) in [7, 11) is 0. The van der Waals surface area contributed by atoms with E-state index in [1.54, 1.807) is 0 Å². The van der Waals surface area contributed by atoms with Gasteiger partial charge in [-0.25, -0.2) is 0 Å². The van der Waals surface area contributed by atoms with Crippen LogP contribution in [0.2, 0.25) is 0 Å². The molecule has 3 heteroatoms. The third kappa shape index (κ3) is 1.74. The maximum Gasteiger partial charge on any atom is 0.122 e. The molecule has 0 aromatic heterocycles. The highest BCUT2D eigenvalue weighted by atomic mass is 16.5. The lowest BCUT2D eigenvalue weighted by molar-refractivity contribution is 0.244. The minimum atomic E-state index is -0.144. The molecule has 0 saturated carbocycles. The molecular weight excluding hydrogens is 178 g/mol. The fourth-order valence-corrected chi connectivity index (χ4v) is 1.86. The van der Waals surface area contributed by atoms with E-state index in [1.165, 1.54) is 5.56 Å². The highest BCUT2D eigenvalue weighted by Gasteiger charge is 2.24. The molecule has 0 saturated heterocycles. The smallest absolute Gasteiger partial charge is 0.122 e. The highest BCUT2D eigenvalue weighted by molar-refractivity contribution is 5.39. The third-order valence-electron chi connectivity index (χ3n) is 2.62. The van der Waals surface area contributed by atoms with E-state index in [9.17, 15) is 0 Å². The van der Waals surface area contributed by atoms with Crippen LogP contribution in [-0.2, 0) is 0 Å². The van der Waals surface area contributed by atoms with E-state index in [2.05, 4.69) is 6.07 Å². The Balaban J connectivity index is 2.10. The predicted molar refractivity (Wildman–Crippen MR) is 54.4 cm³/mol. The largest absolute Gasteiger partial charge is 0.493 e. The Bertz CT molecular complexity index is 314. The molecule has 3 N–H and O–H groups in total. The minimum Gasteiger partial charge on any atom is -0.493 e. The molecule has 0 spiro atoms. The Morgan fingerprint density at radius 1 is 1.50 bits per heavy atom. The number of nitrogens with two attached hydrogens (primary N) is 1. The van der Waals surface area contributed by atoms with Crippen molar-refractivity contribution in [1.82, 2.24) is 0 Å². The minimum absolute atomic E-state index is 0.0403. The van der Waals surface area contributed by atoms with E-state index in [1.807, 2.05) is 18.2 Å². The van der Waals surface area contributed by atoms with Gasteiger partial charge < -0.3 is 15.6 Å². The maximum atomic E-state index is 8.88. The van der Waals surface area contributed by atoms with E-state index in [0.29, 0.717) is 12.5 Å². The first-order valence-electron chi connectivity index (χ1n) is 4.89. The van der Waals surface area contributed by atoms with Crippen LogP contribution in [0.15, 0.2) is 24.3 Å². The second kappa shape index (κ2) is 3.98. The highest BCUT2D eigenvalue weighted by Crippen LogP contribution is 2.35. The molecule has 0 bridgehead atoms. The number of para-hydroxylation sites is 1. The molecule has 1 aromatic carbocycles. The molecule has 2 rings (SSSR count). The van der Waals surface area contributed by atoms with Crippen LogP contribution in [0.3, 0.4) is 0 Å². The fourth-order valence-electron chi connectivity index (χ4n) is 1.86. The van der Waals surface area contributed by atoms with Crippen LogP contribution < -0.4 is 10.5 Å². The molecule has 1 aromatic rings. The van der Waals surface area contributed by atoms with E-state index in [0.717, 1.165) is 12.2 Å². The predicted octanol–water partition coefficient (Wildman–Crippen LogP) is 0.872. The van der Waals surface area contributed by atoms with Gasteiger partial charge in [0.2, 0.25) is 0 Å². The van der Waals surface area contributed by atoms with Crippen LogP contribution in [-0.4, -0.2) is 24.4 Å². The number of rotatable bonds is 3. The van der Waals surface area contributed by atoms with E-state index < -0.39 is 0 Å². The average molecular weight is 193 g/mol. The molecule has 2 unspecified atom stereocenters. The first kappa shape index (κ1) is 9.49. The summed E-state index contributed by atoms with van der Waals surface area (Å²) in [5.41, 5.74) is 6.92. The SMILES string of the molecule is NC(CO)CC1COc2ccccc21. The first-order chi connectivity index (χ1) is 6.81. The summed E-state index contributed by atoms with van der Waals surface area (Å²) in [6.45, 7) is 0.728. The molecular formula is C11H15NO2. The second-order valence-electron chi connectivity index (χ2n) is 3.72. The Morgan fingerprint density at radius 2 is 2.29 bits per heavy atom. The monoisotopic (exact) mass is 193 g/mol. The van der Waals surface area contributed by atoms with Crippen LogP contribution in [0.1, 0.15) is 17.9 Å². The molecule has 1 heterocycles. The average Bonchev–Trinajstić information content (AvgIpc) is 2.62. The van der Waals surface area contributed by atoms with Gasteiger partial charge in [-0.15, -0.1) is 0 Å². The summed E-state index contributed by atoms with van der Waals surface area (Å²) in [5.74, 6) is 1.30. The van der Waals surface area contributed by atoms with Crippen LogP contribution in [0.5, 0.6) is 5.75 Å². The van der Waals surface area contributed by atoms with Gasteiger partial charge in [-0.2, -0.15) is 0 Å². The molecule has 2 atom stereocenters. The van der Waals surface area contributed by atoms with Crippen molar-refractivity contribution in [1.29, 1.82) is 0 Å². The van der Waals surface area contributed by atoms with E-state index in [-0.39, 0.29) is 12.6 Å². The zero-order chi connectivity index (χ0) is 9.97. The maximum absolute atomic E-state index is 8.88. The summed E-state index contributed by atoms with van der Waals surface area (Å²) in [5, 5.41) is 8.88. The lowest BCUT2D eigenvalue weighted by atomic mass is 9.94. The summed E-state index contributed by atoms with van der Waals surface area (Å²) in [4.78, 5) is 0. The summed E-state index contributed by atoms with van der Waals surface area (Å²) < 4.78 is 5.52. The zero-order valence-electron chi connectivity index (χ0n) is 8.02. The molecule has 1 aliphatic rings. The Hall–Kier alpha value is -1.06. The Morgan fingerprint density at radius 3 is 3.07 bits per heavy atom. The lowest BCUT2D eigenvalue weighted by Gasteiger charge is -2.13. The number of hydrogen-bond acceptors (Lipinski definition) is 3. The zero-order valence-corrected chi connectivity index (χ0v) is 8.02. The van der Waals surface area contributed by atoms with Crippen LogP contribution >= 0.6 is 0 Å². The molecule has 0 radical (unpaired) electrons. The number of aliphatic hydroxyl groups excluding tert-OH is 1. The van der Waals surface area contributed by atoms with Crippen molar-refractivity contribution >= 4 is 0 Å². The number of benzene rings is 1. The Kier molecular flexibility index (Phi) is 2.70. The molecule has 0 amide bonds. The van der Waals surface area contributed by atoms with Crippen LogP contribution in [0.4, 0.5) is 0 Å². The van der Waals surface area contributed by atoms with Gasteiger partial charge in [-0.1, -0.05) is 18.2 Å². The number of ether oxygens (including phenoxy) is 1. The van der Waals surface area contributed by atoms with Gasteiger partial charge in [0.05, 0.1) is 13.2 Å². The third-order valence-corrected chi connectivity index (χ3v) is 2.62. The van der Waals surface area contributed by atoms with Crippen molar-refractivity contribution in [3.8, 4) is 5.75 Å². The molecule has 0 aliphatic carbocycles. The van der Waals surface area contributed by atoms with Gasteiger partial charge in [0.1, 0.15) is 5.75 Å². The van der Waals surface area contributed by atoms with Gasteiger partial charge in [0, 0.05) is 17.5 Å². The van der Waals surface area contributed by atoms with Crippen LogP contribution in [0, 0.1) is 0 Å². The topological polar surface area (TPSA) is 55.5 Å². The van der Waals surface area contributed by atoms with Gasteiger partial charge >= 0.3 is 0 Å². The first-order valence-corrected chi connectivity index (χ1v) is 4.89. The standard InChI is InChI=1S/C11H15NO2/c12-9(6-13)5-8-7-14-11-4-2-1-3-10(8)11/h1-4,8-9,13H,5-7,12H2. The van der Waals surface area contributed by atoms with Crippen molar-refractivity contribution in [3.05, 3.63) is 29.8 Å². The van der Waals surface area contributed by atoms with Crippen molar-refractivity contribution in [2.24, 2.45) is 5.73 Å².